The molecule has 0 aliphatic carbocycles. The molecule has 7 nitrogen and oxygen atoms in total. The van der Waals surface area contributed by atoms with Crippen molar-refractivity contribution in [1.82, 2.24) is 0 Å². The summed E-state index contributed by atoms with van der Waals surface area (Å²) < 4.78 is 16.7. The number of esters is 1. The van der Waals surface area contributed by atoms with E-state index in [0.717, 1.165) is 33.8 Å². The molecule has 266 valence electrons. The molecule has 0 radical (unpaired) electrons. The lowest BCUT2D eigenvalue weighted by Crippen LogP contribution is -2.32. The Bertz CT molecular complexity index is 1440. The second kappa shape index (κ2) is 23.9. The fourth-order valence-corrected chi connectivity index (χ4v) is 4.15. The first kappa shape index (κ1) is 42.7. The summed E-state index contributed by atoms with van der Waals surface area (Å²) in [6, 6.07) is 33.9. The quantitative estimate of drug-likeness (QED) is 0.113. The van der Waals surface area contributed by atoms with Crippen molar-refractivity contribution in [3.8, 4) is 11.5 Å². The van der Waals surface area contributed by atoms with Gasteiger partial charge in [-0.1, -0.05) is 119 Å². The first-order chi connectivity index (χ1) is 23.4. The number of halogens is 1. The number of nitrogens with two attached hydrogens (primary N) is 1. The van der Waals surface area contributed by atoms with Crippen LogP contribution in [0.4, 0.5) is 0 Å². The van der Waals surface area contributed by atoms with Gasteiger partial charge in [-0.15, -0.1) is 11.6 Å². The van der Waals surface area contributed by atoms with Crippen molar-refractivity contribution in [3.05, 3.63) is 131 Å². The van der Waals surface area contributed by atoms with Crippen molar-refractivity contribution in [2.24, 2.45) is 5.73 Å². The number of benzene rings is 4. The minimum absolute atomic E-state index is 0.314. The van der Waals surface area contributed by atoms with Gasteiger partial charge in [-0.3, -0.25) is 9.59 Å². The lowest BCUT2D eigenvalue weighted by Gasteiger charge is -2.21. The van der Waals surface area contributed by atoms with Gasteiger partial charge in [0.25, 0.3) is 0 Å². The number of hydrogen-bond donors (Lipinski definition) is 2. The fraction of sp³-hybridized carbons (Fsp3) is 0.366. The van der Waals surface area contributed by atoms with Crippen molar-refractivity contribution in [3.63, 3.8) is 0 Å². The van der Waals surface area contributed by atoms with Gasteiger partial charge in [0.05, 0.1) is 0 Å². The molecule has 0 aliphatic heterocycles. The molecule has 4 aromatic carbocycles. The summed E-state index contributed by atoms with van der Waals surface area (Å²) in [5.41, 5.74) is 9.03. The second-order valence-electron chi connectivity index (χ2n) is 11.9. The van der Waals surface area contributed by atoms with Crippen molar-refractivity contribution < 1.29 is 28.9 Å². The summed E-state index contributed by atoms with van der Waals surface area (Å²) in [5, 5.41) is 8.06. The highest BCUT2D eigenvalue weighted by atomic mass is 35.5. The van der Waals surface area contributed by atoms with E-state index in [2.05, 4.69) is 13.8 Å². The highest BCUT2D eigenvalue weighted by Crippen LogP contribution is 2.19. The number of alkyl halides is 1. The molecule has 2 unspecified atom stereocenters. The fourth-order valence-electron chi connectivity index (χ4n) is 3.92. The number of carbonyl (C=O) groups excluding carboxylic acids is 1. The molecule has 2 atom stereocenters. The summed E-state index contributed by atoms with van der Waals surface area (Å²) >= 11 is 6.15. The monoisotopic (exact) mass is 691 g/mol. The number of ether oxygens (including phenoxy) is 3. The lowest BCUT2D eigenvalue weighted by molar-refractivity contribution is -0.154. The second-order valence-corrected chi connectivity index (χ2v) is 12.4. The lowest BCUT2D eigenvalue weighted by atomic mass is 10.1. The molecule has 4 aromatic rings. The topological polar surface area (TPSA) is 108 Å². The summed E-state index contributed by atoms with van der Waals surface area (Å²) in [4.78, 5) is 22.6. The predicted molar refractivity (Wildman–Crippen MR) is 200 cm³/mol. The molecule has 0 aromatic heterocycles. The van der Waals surface area contributed by atoms with Crippen molar-refractivity contribution in [1.29, 1.82) is 0 Å². The minimum Gasteiger partial charge on any atom is -0.489 e. The van der Waals surface area contributed by atoms with Crippen LogP contribution in [0.3, 0.4) is 0 Å². The van der Waals surface area contributed by atoms with Crippen LogP contribution in [0.2, 0.25) is 0 Å². The third kappa shape index (κ3) is 19.3. The van der Waals surface area contributed by atoms with E-state index in [1.807, 2.05) is 144 Å². The van der Waals surface area contributed by atoms with Crippen LogP contribution in [-0.2, 0) is 40.4 Å². The first-order valence-electron chi connectivity index (χ1n) is 16.8. The third-order valence-corrected chi connectivity index (χ3v) is 6.53. The number of rotatable bonds is 12. The van der Waals surface area contributed by atoms with Crippen LogP contribution in [0, 0.1) is 0 Å². The van der Waals surface area contributed by atoms with Gasteiger partial charge in [0, 0.05) is 0 Å². The van der Waals surface area contributed by atoms with Gasteiger partial charge < -0.3 is 25.1 Å². The first-order valence-corrected chi connectivity index (χ1v) is 17.2. The normalized spacial score (nSPS) is 11.4. The van der Waals surface area contributed by atoms with Gasteiger partial charge >= 0.3 is 11.9 Å². The number of carboxylic acid groups (broad SMARTS) is 1. The van der Waals surface area contributed by atoms with Crippen LogP contribution >= 0.6 is 11.6 Å². The van der Waals surface area contributed by atoms with E-state index in [1.54, 1.807) is 0 Å². The maximum Gasteiger partial charge on any atom is 0.324 e. The Balaban J connectivity index is 0.000000438. The van der Waals surface area contributed by atoms with Crippen LogP contribution in [0.25, 0.3) is 0 Å². The zero-order chi connectivity index (χ0) is 36.7. The number of carboxylic acids is 1. The Hall–Kier alpha value is -4.33. The van der Waals surface area contributed by atoms with Gasteiger partial charge in [0.15, 0.2) is 0 Å². The van der Waals surface area contributed by atoms with E-state index in [4.69, 9.17) is 36.7 Å². The summed E-state index contributed by atoms with van der Waals surface area (Å²) in [7, 11) is 0. The van der Waals surface area contributed by atoms with E-state index in [0.29, 0.717) is 26.1 Å². The van der Waals surface area contributed by atoms with E-state index in [9.17, 15) is 9.59 Å². The Labute approximate surface area is 298 Å². The number of aliphatic carboxylic acids is 1. The summed E-state index contributed by atoms with van der Waals surface area (Å²) in [6.07, 6.45) is 1.99. The van der Waals surface area contributed by atoms with Gasteiger partial charge in [-0.05, 0) is 80.1 Å². The SMILES string of the molecule is CC.CC(C)(C)OC(=O)C(Cl)Cc1ccc(OCc2ccccc2)cc1.CCC.NC(Cc1ccc(OCc2ccccc2)cc1)C(=O)O. The Morgan fingerprint density at radius 1 is 0.673 bits per heavy atom. The average Bonchev–Trinajstić information content (AvgIpc) is 3.09. The Kier molecular flexibility index (Phi) is 20.8. The van der Waals surface area contributed by atoms with Crippen LogP contribution in [0.15, 0.2) is 109 Å². The van der Waals surface area contributed by atoms with Gasteiger partial charge in [-0.25, -0.2) is 0 Å². The van der Waals surface area contributed by atoms with Crippen LogP contribution in [0.1, 0.15) is 77.1 Å². The summed E-state index contributed by atoms with van der Waals surface area (Å²) in [5.74, 6) is 0.149. The smallest absolute Gasteiger partial charge is 0.324 e. The third-order valence-electron chi connectivity index (χ3n) is 6.19. The standard InChI is InChI=1S/C20H23ClO3.C16H17NO3.C3H8.C2H6/c1-20(2,3)24-19(22)18(21)13-15-9-11-17(12-10-15)23-14-16-7-5-4-6-8-16;17-15(16(18)19)10-12-6-8-14(9-7-12)20-11-13-4-2-1-3-5-13;1-3-2;1-2/h4-12,18H,13-14H2,1-3H3;1-9,15H,10-11,17H2,(H,18,19);3H2,1-2H3;1-2H3. The molecule has 0 spiro atoms. The largest absolute Gasteiger partial charge is 0.489 e. The minimum atomic E-state index is -0.991. The average molecular weight is 692 g/mol. The molecule has 0 fully saturated rings. The molecule has 0 aliphatic rings. The number of carbonyl (C=O) groups is 2. The molecular weight excluding hydrogens is 638 g/mol. The van der Waals surface area contributed by atoms with Gasteiger partial charge in [0.2, 0.25) is 0 Å². The summed E-state index contributed by atoms with van der Waals surface area (Å²) in [6.45, 7) is 14.8. The molecule has 0 amide bonds. The van der Waals surface area contributed by atoms with Crippen LogP contribution in [-0.4, -0.2) is 34.1 Å². The van der Waals surface area contributed by atoms with Crippen LogP contribution < -0.4 is 15.2 Å². The molecule has 0 saturated heterocycles. The van der Waals surface area contributed by atoms with Crippen molar-refractivity contribution >= 4 is 23.5 Å². The predicted octanol–water partition coefficient (Wildman–Crippen LogP) is 9.42. The molecule has 49 heavy (non-hydrogen) atoms. The van der Waals surface area contributed by atoms with E-state index in [1.165, 1.54) is 6.42 Å². The molecular formula is C41H54ClNO6. The Morgan fingerprint density at radius 2 is 1.04 bits per heavy atom. The van der Waals surface area contributed by atoms with Crippen molar-refractivity contribution in [2.45, 2.75) is 98.0 Å². The molecule has 0 heterocycles. The zero-order valence-corrected chi connectivity index (χ0v) is 30.8. The zero-order valence-electron chi connectivity index (χ0n) is 30.0. The van der Waals surface area contributed by atoms with Crippen molar-refractivity contribution in [2.75, 3.05) is 0 Å². The maximum atomic E-state index is 11.9. The highest BCUT2D eigenvalue weighted by Gasteiger charge is 2.23. The maximum absolute atomic E-state index is 11.9. The highest BCUT2D eigenvalue weighted by molar-refractivity contribution is 6.30. The van der Waals surface area contributed by atoms with E-state index >= 15 is 0 Å². The molecule has 3 N–H and O–H groups in total. The molecule has 8 heteroatoms. The van der Waals surface area contributed by atoms with E-state index in [-0.39, 0.29) is 0 Å². The molecule has 4 rings (SSSR count). The molecule has 0 bridgehead atoms. The van der Waals surface area contributed by atoms with Crippen LogP contribution in [0.5, 0.6) is 11.5 Å². The molecule has 0 saturated carbocycles. The number of hydrogen-bond acceptors (Lipinski definition) is 6. The Morgan fingerprint density at radius 3 is 1.39 bits per heavy atom. The van der Waals surface area contributed by atoms with E-state index < -0.39 is 29.0 Å². The van der Waals surface area contributed by atoms with Gasteiger partial charge in [-0.2, -0.15) is 0 Å². The van der Waals surface area contributed by atoms with Gasteiger partial charge in [0.1, 0.15) is 41.7 Å².